The van der Waals surface area contributed by atoms with Crippen LogP contribution in [-0.2, 0) is 4.79 Å². The number of carbonyl (C=O) groups excluding carboxylic acids is 2. The first kappa shape index (κ1) is 18.0. The fraction of sp³-hybridized carbons (Fsp3) is 0.0667. The van der Waals surface area contributed by atoms with E-state index < -0.39 is 30.1 Å². The van der Waals surface area contributed by atoms with Crippen LogP contribution < -0.4 is 15.6 Å². The molecule has 2 aromatic rings. The molecule has 24 heavy (non-hydrogen) atoms. The fourth-order valence-electron chi connectivity index (χ4n) is 1.64. The predicted molar refractivity (Wildman–Crippen MR) is 83.9 cm³/mol. The summed E-state index contributed by atoms with van der Waals surface area (Å²) in [6.45, 7) is -0.591. The molecule has 0 aromatic heterocycles. The fourth-order valence-corrected chi connectivity index (χ4v) is 2.01. The molecule has 2 N–H and O–H groups in total. The third-order valence-corrected chi connectivity index (χ3v) is 3.31. The molecule has 0 atom stereocenters. The molecule has 9 heteroatoms. The molecule has 0 saturated heterocycles. The molecular formula is C15H10Cl2F2N2O3. The molecule has 126 valence electrons. The van der Waals surface area contributed by atoms with Crippen LogP contribution in [0, 0.1) is 11.6 Å². The highest BCUT2D eigenvalue weighted by molar-refractivity contribution is 6.35. The molecule has 0 heterocycles. The van der Waals surface area contributed by atoms with Crippen molar-refractivity contribution in [2.24, 2.45) is 0 Å². The summed E-state index contributed by atoms with van der Waals surface area (Å²) in [5.41, 5.74) is 4.24. The SMILES string of the molecule is O=C(COc1ccc(F)cc1F)NNC(=O)c1cc(Cl)ccc1Cl. The number of amides is 2. The van der Waals surface area contributed by atoms with E-state index in [0.29, 0.717) is 11.1 Å². The molecule has 0 aliphatic rings. The van der Waals surface area contributed by atoms with Crippen LogP contribution in [-0.4, -0.2) is 18.4 Å². The maximum absolute atomic E-state index is 13.3. The molecule has 0 bridgehead atoms. The lowest BCUT2D eigenvalue weighted by Crippen LogP contribution is -2.44. The largest absolute Gasteiger partial charge is 0.481 e. The second-order valence-electron chi connectivity index (χ2n) is 4.49. The third-order valence-electron chi connectivity index (χ3n) is 2.74. The van der Waals surface area contributed by atoms with Crippen LogP contribution in [0.4, 0.5) is 8.78 Å². The minimum atomic E-state index is -0.947. The average molecular weight is 375 g/mol. The van der Waals surface area contributed by atoms with E-state index in [-0.39, 0.29) is 16.3 Å². The zero-order valence-electron chi connectivity index (χ0n) is 11.9. The molecule has 2 amide bonds. The van der Waals surface area contributed by atoms with Gasteiger partial charge in [0, 0.05) is 11.1 Å². The van der Waals surface area contributed by atoms with E-state index in [0.717, 1.165) is 12.1 Å². The predicted octanol–water partition coefficient (Wildman–Crippen LogP) is 3.11. The molecule has 0 saturated carbocycles. The van der Waals surface area contributed by atoms with E-state index in [4.69, 9.17) is 27.9 Å². The van der Waals surface area contributed by atoms with Crippen LogP contribution in [0.15, 0.2) is 36.4 Å². The molecule has 0 aliphatic carbocycles. The Morgan fingerprint density at radius 1 is 1.04 bits per heavy atom. The van der Waals surface area contributed by atoms with Crippen LogP contribution in [0.5, 0.6) is 5.75 Å². The lowest BCUT2D eigenvalue weighted by Gasteiger charge is -2.10. The number of hydrogen-bond acceptors (Lipinski definition) is 3. The van der Waals surface area contributed by atoms with Crippen molar-refractivity contribution in [2.75, 3.05) is 6.61 Å². The molecule has 0 fully saturated rings. The molecule has 2 rings (SSSR count). The van der Waals surface area contributed by atoms with Crippen LogP contribution in [0.1, 0.15) is 10.4 Å². The Labute approximate surface area is 145 Å². The van der Waals surface area contributed by atoms with Gasteiger partial charge in [0.15, 0.2) is 18.2 Å². The van der Waals surface area contributed by atoms with Gasteiger partial charge in [-0.2, -0.15) is 0 Å². The van der Waals surface area contributed by atoms with E-state index in [1.165, 1.54) is 18.2 Å². The third kappa shape index (κ3) is 4.81. The molecule has 5 nitrogen and oxygen atoms in total. The van der Waals surface area contributed by atoms with E-state index in [1.54, 1.807) is 0 Å². The van der Waals surface area contributed by atoms with E-state index in [9.17, 15) is 18.4 Å². The maximum Gasteiger partial charge on any atom is 0.276 e. The number of hydrogen-bond donors (Lipinski definition) is 2. The van der Waals surface area contributed by atoms with E-state index in [1.807, 2.05) is 0 Å². The topological polar surface area (TPSA) is 67.4 Å². The quantitative estimate of drug-likeness (QED) is 0.808. The Morgan fingerprint density at radius 3 is 2.50 bits per heavy atom. The Kier molecular flexibility index (Phi) is 5.94. The van der Waals surface area contributed by atoms with Gasteiger partial charge in [-0.3, -0.25) is 20.4 Å². The average Bonchev–Trinajstić information content (AvgIpc) is 2.54. The Morgan fingerprint density at radius 2 is 1.79 bits per heavy atom. The summed E-state index contributed by atoms with van der Waals surface area (Å²) < 4.78 is 30.9. The monoisotopic (exact) mass is 374 g/mol. The molecular weight excluding hydrogens is 365 g/mol. The Hall–Kier alpha value is -2.38. The lowest BCUT2D eigenvalue weighted by molar-refractivity contribution is -0.123. The molecule has 2 aromatic carbocycles. The summed E-state index contributed by atoms with van der Waals surface area (Å²) in [5, 5.41) is 0.446. The second-order valence-corrected chi connectivity index (χ2v) is 5.33. The van der Waals surface area contributed by atoms with Crippen molar-refractivity contribution in [1.82, 2.24) is 10.9 Å². The van der Waals surface area contributed by atoms with Crippen molar-refractivity contribution in [2.45, 2.75) is 0 Å². The van der Waals surface area contributed by atoms with Crippen LogP contribution in [0.2, 0.25) is 10.0 Å². The van der Waals surface area contributed by atoms with E-state index >= 15 is 0 Å². The summed E-state index contributed by atoms with van der Waals surface area (Å²) in [6.07, 6.45) is 0. The van der Waals surface area contributed by atoms with Gasteiger partial charge in [-0.25, -0.2) is 8.78 Å². The van der Waals surface area contributed by atoms with E-state index in [2.05, 4.69) is 10.9 Å². The minimum Gasteiger partial charge on any atom is -0.481 e. The second kappa shape index (κ2) is 7.94. The van der Waals surface area contributed by atoms with Gasteiger partial charge in [-0.05, 0) is 30.3 Å². The number of rotatable bonds is 4. The summed E-state index contributed by atoms with van der Waals surface area (Å²) in [7, 11) is 0. The van der Waals surface area contributed by atoms with Crippen molar-refractivity contribution in [3.05, 3.63) is 63.6 Å². The number of halogens is 4. The van der Waals surface area contributed by atoms with Gasteiger partial charge >= 0.3 is 0 Å². The van der Waals surface area contributed by atoms with Gasteiger partial charge in [0.05, 0.1) is 10.6 Å². The normalized spacial score (nSPS) is 10.2. The standard InChI is InChI=1S/C15H10Cl2F2N2O3/c16-8-1-3-11(17)10(5-8)15(23)21-20-14(22)7-24-13-4-2-9(18)6-12(13)19/h1-6H,7H2,(H,20,22)(H,21,23). The van der Waals surface area contributed by atoms with Crippen molar-refractivity contribution in [1.29, 1.82) is 0 Å². The zero-order chi connectivity index (χ0) is 17.7. The van der Waals surface area contributed by atoms with Crippen molar-refractivity contribution in [3.8, 4) is 5.75 Å². The first-order chi connectivity index (χ1) is 11.4. The summed E-state index contributed by atoms with van der Waals surface area (Å²) in [5.74, 6) is -3.46. The summed E-state index contributed by atoms with van der Waals surface area (Å²) in [4.78, 5) is 23.5. The van der Waals surface area contributed by atoms with Crippen molar-refractivity contribution < 1.29 is 23.1 Å². The smallest absolute Gasteiger partial charge is 0.276 e. The van der Waals surface area contributed by atoms with Gasteiger partial charge in [0.2, 0.25) is 0 Å². The van der Waals surface area contributed by atoms with Gasteiger partial charge in [0.1, 0.15) is 5.82 Å². The number of nitrogens with one attached hydrogen (secondary N) is 2. The maximum atomic E-state index is 13.3. The zero-order valence-corrected chi connectivity index (χ0v) is 13.4. The number of benzene rings is 2. The van der Waals surface area contributed by atoms with Crippen molar-refractivity contribution >= 4 is 35.0 Å². The minimum absolute atomic E-state index is 0.0648. The highest BCUT2D eigenvalue weighted by Gasteiger charge is 2.13. The number of carbonyl (C=O) groups is 2. The lowest BCUT2D eigenvalue weighted by atomic mass is 10.2. The Balaban J connectivity index is 1.86. The highest BCUT2D eigenvalue weighted by Crippen LogP contribution is 2.20. The summed E-state index contributed by atoms with van der Waals surface area (Å²) in [6, 6.07) is 6.92. The highest BCUT2D eigenvalue weighted by atomic mass is 35.5. The van der Waals surface area contributed by atoms with Crippen molar-refractivity contribution in [3.63, 3.8) is 0 Å². The van der Waals surface area contributed by atoms with Crippen LogP contribution in [0.25, 0.3) is 0 Å². The Bertz CT molecular complexity index is 787. The number of ether oxygens (including phenoxy) is 1. The van der Waals surface area contributed by atoms with Gasteiger partial charge in [-0.15, -0.1) is 0 Å². The first-order valence-corrected chi connectivity index (χ1v) is 7.24. The first-order valence-electron chi connectivity index (χ1n) is 6.49. The van der Waals surface area contributed by atoms with Gasteiger partial charge < -0.3 is 4.74 Å². The van der Waals surface area contributed by atoms with Gasteiger partial charge in [-0.1, -0.05) is 23.2 Å². The molecule has 0 radical (unpaired) electrons. The molecule has 0 unspecified atom stereocenters. The molecule has 0 aliphatic heterocycles. The van der Waals surface area contributed by atoms with Crippen LogP contribution in [0.3, 0.4) is 0 Å². The summed E-state index contributed by atoms with van der Waals surface area (Å²) >= 11 is 11.6. The van der Waals surface area contributed by atoms with Gasteiger partial charge in [0.25, 0.3) is 11.8 Å². The number of hydrazine groups is 1. The van der Waals surface area contributed by atoms with Crippen LogP contribution >= 0.6 is 23.2 Å². The molecule has 0 spiro atoms.